The van der Waals surface area contributed by atoms with Crippen LogP contribution in [-0.4, -0.2) is 71.9 Å². The maximum Gasteiger partial charge on any atom is 0.210 e. The molecule has 1 saturated heterocycles. The zero-order chi connectivity index (χ0) is 23.3. The highest BCUT2D eigenvalue weighted by Gasteiger charge is 2.24. The molecule has 1 heterocycles. The van der Waals surface area contributed by atoms with Crippen LogP contribution in [0.3, 0.4) is 0 Å². The number of benzene rings is 4. The highest BCUT2D eigenvalue weighted by atomic mass is 16.6. The Bertz CT molecular complexity index is 1230. The molecule has 0 bridgehead atoms. The highest BCUT2D eigenvalue weighted by Crippen LogP contribution is 2.27. The van der Waals surface area contributed by atoms with Crippen molar-refractivity contribution in [2.24, 2.45) is 0 Å². The molecule has 1 aliphatic rings. The van der Waals surface area contributed by atoms with Crippen LogP contribution in [0.1, 0.15) is 0 Å². The van der Waals surface area contributed by atoms with Crippen molar-refractivity contribution in [1.29, 1.82) is 0 Å². The molecular formula is C28H30N2O4. The smallest absolute Gasteiger partial charge is 0.210 e. The Balaban J connectivity index is 1.10. The molecule has 0 unspecified atom stereocenters. The van der Waals surface area contributed by atoms with Crippen LogP contribution in [0.15, 0.2) is 84.9 Å². The van der Waals surface area contributed by atoms with Crippen LogP contribution >= 0.6 is 0 Å². The third kappa shape index (κ3) is 5.16. The fraction of sp³-hybridized carbons (Fsp3) is 0.286. The summed E-state index contributed by atoms with van der Waals surface area (Å²) < 4.78 is 11.8. The molecule has 2 atom stereocenters. The second-order valence-corrected chi connectivity index (χ2v) is 8.66. The van der Waals surface area contributed by atoms with Crippen molar-refractivity contribution < 1.29 is 19.7 Å². The van der Waals surface area contributed by atoms with Gasteiger partial charge in [0.15, 0.2) is 0 Å². The minimum atomic E-state index is -0.919. The van der Waals surface area contributed by atoms with Gasteiger partial charge in [0.25, 0.3) is 0 Å². The van der Waals surface area contributed by atoms with Gasteiger partial charge in [0.1, 0.15) is 24.3 Å². The average molecular weight is 459 g/mol. The number of aliphatic hydroxyl groups is 2. The van der Waals surface area contributed by atoms with Gasteiger partial charge in [-0.3, -0.25) is 9.80 Å². The number of fused-ring (bicyclic) bond motifs is 2. The van der Waals surface area contributed by atoms with E-state index in [4.69, 9.17) is 9.47 Å². The van der Waals surface area contributed by atoms with E-state index in [1.54, 1.807) is 0 Å². The summed E-state index contributed by atoms with van der Waals surface area (Å²) in [5.74, 6) is 1.47. The van der Waals surface area contributed by atoms with E-state index in [0.717, 1.165) is 40.4 Å². The Labute approximate surface area is 199 Å². The highest BCUT2D eigenvalue weighted by molar-refractivity contribution is 5.88. The van der Waals surface area contributed by atoms with E-state index in [1.165, 1.54) is 0 Å². The molecule has 0 saturated carbocycles. The maximum absolute atomic E-state index is 10.7. The van der Waals surface area contributed by atoms with Crippen molar-refractivity contribution in [2.75, 3.05) is 39.3 Å². The van der Waals surface area contributed by atoms with Crippen LogP contribution in [0, 0.1) is 0 Å². The molecule has 0 radical (unpaired) electrons. The number of β-amino-alcohol motifs (C(OH)–C–C–N with tert-alkyl or cyclic N) is 1. The van der Waals surface area contributed by atoms with Crippen LogP contribution in [-0.2, 0) is 0 Å². The SMILES string of the molecule is O[C@H](CN1CCN([C@H](O)COc2cccc3ccccc23)CC1)Oc1cccc2ccccc12. The van der Waals surface area contributed by atoms with E-state index < -0.39 is 12.5 Å². The van der Waals surface area contributed by atoms with E-state index in [9.17, 15) is 10.2 Å². The Kier molecular flexibility index (Phi) is 6.92. The first-order chi connectivity index (χ1) is 16.7. The molecule has 0 aromatic heterocycles. The van der Waals surface area contributed by atoms with Gasteiger partial charge in [-0.05, 0) is 22.9 Å². The quantitative estimate of drug-likeness (QED) is 0.393. The zero-order valence-electron chi connectivity index (χ0n) is 19.1. The molecule has 5 rings (SSSR count). The number of hydrogen-bond acceptors (Lipinski definition) is 6. The van der Waals surface area contributed by atoms with Gasteiger partial charge in [0, 0.05) is 37.0 Å². The Morgan fingerprint density at radius 2 is 1.24 bits per heavy atom. The fourth-order valence-corrected chi connectivity index (χ4v) is 4.54. The number of aliphatic hydroxyl groups excluding tert-OH is 2. The number of hydrogen-bond donors (Lipinski definition) is 2. The minimum Gasteiger partial charge on any atom is -0.489 e. The summed E-state index contributed by atoms with van der Waals surface area (Å²) in [6.45, 7) is 3.49. The predicted octanol–water partition coefficient (Wildman–Crippen LogP) is 3.71. The maximum atomic E-state index is 10.7. The zero-order valence-corrected chi connectivity index (χ0v) is 19.1. The molecule has 0 amide bonds. The van der Waals surface area contributed by atoms with Gasteiger partial charge in [0.2, 0.25) is 6.29 Å². The van der Waals surface area contributed by atoms with E-state index in [2.05, 4.69) is 17.0 Å². The molecule has 176 valence electrons. The van der Waals surface area contributed by atoms with Crippen LogP contribution in [0.5, 0.6) is 11.5 Å². The third-order valence-corrected chi connectivity index (χ3v) is 6.39. The predicted molar refractivity (Wildman–Crippen MR) is 134 cm³/mol. The summed E-state index contributed by atoms with van der Waals surface area (Å²) in [6, 6.07) is 27.9. The molecule has 4 aromatic carbocycles. The fourth-order valence-electron chi connectivity index (χ4n) is 4.54. The first-order valence-corrected chi connectivity index (χ1v) is 11.7. The van der Waals surface area contributed by atoms with Crippen molar-refractivity contribution in [3.05, 3.63) is 84.9 Å². The lowest BCUT2D eigenvalue weighted by Gasteiger charge is -2.37. The summed E-state index contributed by atoms with van der Waals surface area (Å²) in [6.07, 6.45) is -1.60. The van der Waals surface area contributed by atoms with Crippen molar-refractivity contribution in [3.63, 3.8) is 0 Å². The molecule has 0 aliphatic carbocycles. The van der Waals surface area contributed by atoms with Crippen molar-refractivity contribution in [1.82, 2.24) is 9.80 Å². The van der Waals surface area contributed by atoms with Gasteiger partial charge >= 0.3 is 0 Å². The number of piperazine rings is 1. The molecule has 4 aromatic rings. The Morgan fingerprint density at radius 1 is 0.676 bits per heavy atom. The largest absolute Gasteiger partial charge is 0.489 e. The molecule has 0 spiro atoms. The first-order valence-electron chi connectivity index (χ1n) is 11.7. The van der Waals surface area contributed by atoms with Gasteiger partial charge in [-0.15, -0.1) is 0 Å². The van der Waals surface area contributed by atoms with Gasteiger partial charge < -0.3 is 19.7 Å². The van der Waals surface area contributed by atoms with Crippen molar-refractivity contribution in [2.45, 2.75) is 12.5 Å². The van der Waals surface area contributed by atoms with Gasteiger partial charge in [0.05, 0.1) is 6.54 Å². The number of nitrogens with zero attached hydrogens (tertiary/aromatic N) is 2. The molecule has 2 N–H and O–H groups in total. The lowest BCUT2D eigenvalue weighted by Crippen LogP contribution is -2.53. The summed E-state index contributed by atoms with van der Waals surface area (Å²) in [4.78, 5) is 4.17. The van der Waals surface area contributed by atoms with E-state index in [-0.39, 0.29) is 6.61 Å². The Hall–Kier alpha value is -3.16. The molecular weight excluding hydrogens is 428 g/mol. The second-order valence-electron chi connectivity index (χ2n) is 8.66. The lowest BCUT2D eigenvalue weighted by atomic mass is 10.1. The second kappa shape index (κ2) is 10.4. The van der Waals surface area contributed by atoms with E-state index in [0.29, 0.717) is 25.4 Å². The molecule has 1 fully saturated rings. The first kappa shape index (κ1) is 22.6. The summed E-state index contributed by atoms with van der Waals surface area (Å²) >= 11 is 0. The monoisotopic (exact) mass is 458 g/mol. The van der Waals surface area contributed by atoms with E-state index in [1.807, 2.05) is 77.7 Å². The van der Waals surface area contributed by atoms with E-state index >= 15 is 0 Å². The normalized spacial score (nSPS) is 17.0. The summed E-state index contributed by atoms with van der Waals surface area (Å²) in [7, 11) is 0. The van der Waals surface area contributed by atoms with Crippen LogP contribution in [0.4, 0.5) is 0 Å². The number of ether oxygens (including phenoxy) is 2. The lowest BCUT2D eigenvalue weighted by molar-refractivity contribution is -0.0740. The van der Waals surface area contributed by atoms with Gasteiger partial charge in [-0.1, -0.05) is 72.8 Å². The van der Waals surface area contributed by atoms with Crippen LogP contribution in [0.25, 0.3) is 21.5 Å². The molecule has 1 aliphatic heterocycles. The third-order valence-electron chi connectivity index (χ3n) is 6.39. The minimum absolute atomic E-state index is 0.209. The van der Waals surface area contributed by atoms with Crippen molar-refractivity contribution in [3.8, 4) is 11.5 Å². The summed E-state index contributed by atoms with van der Waals surface area (Å²) in [5, 5.41) is 25.5. The molecule has 6 nitrogen and oxygen atoms in total. The molecule has 34 heavy (non-hydrogen) atoms. The van der Waals surface area contributed by atoms with Crippen LogP contribution < -0.4 is 9.47 Å². The average Bonchev–Trinajstić information content (AvgIpc) is 2.88. The van der Waals surface area contributed by atoms with Gasteiger partial charge in [-0.25, -0.2) is 0 Å². The molecule has 6 heteroatoms. The van der Waals surface area contributed by atoms with Crippen LogP contribution in [0.2, 0.25) is 0 Å². The standard InChI is InChI=1S/C28H30N2O4/c31-27(20-33-25-13-5-9-21-7-1-3-11-23(21)25)30-17-15-29(16-18-30)19-28(32)34-26-14-6-10-22-8-2-4-12-24(22)26/h1-14,27-28,31-32H,15-20H2/t27-,28+/m1/s1. The summed E-state index contributed by atoms with van der Waals surface area (Å²) in [5.41, 5.74) is 0. The Morgan fingerprint density at radius 3 is 1.91 bits per heavy atom. The topological polar surface area (TPSA) is 65.4 Å². The van der Waals surface area contributed by atoms with Crippen molar-refractivity contribution >= 4 is 21.5 Å². The number of rotatable bonds is 8. The van der Waals surface area contributed by atoms with Gasteiger partial charge in [-0.2, -0.15) is 0 Å².